The van der Waals surface area contributed by atoms with E-state index in [0.29, 0.717) is 37.9 Å². The molecule has 0 aromatic carbocycles. The zero-order valence-corrected chi connectivity index (χ0v) is 23.8. The number of hydrogen-bond donors (Lipinski definition) is 4. The molecule has 11 heteroatoms. The SMILES string of the molecule is CCC(C)(CC)OCCN(C)CC(C)(C)Sc1cc(O)n(CCC(=O)NCCOCCOCN)c1O. The van der Waals surface area contributed by atoms with Crippen LogP contribution in [0.25, 0.3) is 0 Å². The lowest BCUT2D eigenvalue weighted by Crippen LogP contribution is -2.37. The van der Waals surface area contributed by atoms with Gasteiger partial charge in [-0.15, -0.1) is 11.8 Å². The van der Waals surface area contributed by atoms with Crippen molar-refractivity contribution < 1.29 is 29.2 Å². The summed E-state index contributed by atoms with van der Waals surface area (Å²) in [7, 11) is 2.06. The fourth-order valence-corrected chi connectivity index (χ4v) is 4.87. The van der Waals surface area contributed by atoms with Gasteiger partial charge in [0.1, 0.15) is 0 Å². The molecule has 36 heavy (non-hydrogen) atoms. The lowest BCUT2D eigenvalue weighted by atomic mass is 10.0. The first-order valence-corrected chi connectivity index (χ1v) is 13.5. The topological polar surface area (TPSA) is 131 Å². The van der Waals surface area contributed by atoms with Gasteiger partial charge in [0.25, 0.3) is 0 Å². The summed E-state index contributed by atoms with van der Waals surface area (Å²) in [5.74, 6) is -0.291. The summed E-state index contributed by atoms with van der Waals surface area (Å²) in [6.07, 6.45) is 2.09. The van der Waals surface area contributed by atoms with Crippen molar-refractivity contribution in [3.63, 3.8) is 0 Å². The molecule has 0 bridgehead atoms. The summed E-state index contributed by atoms with van der Waals surface area (Å²) in [6, 6.07) is 1.55. The van der Waals surface area contributed by atoms with Crippen molar-refractivity contribution in [1.82, 2.24) is 14.8 Å². The number of rotatable bonds is 20. The van der Waals surface area contributed by atoms with E-state index in [-0.39, 0.29) is 47.7 Å². The number of nitrogens with zero attached hydrogens (tertiary/aromatic N) is 2. The van der Waals surface area contributed by atoms with Gasteiger partial charge in [-0.25, -0.2) is 0 Å². The van der Waals surface area contributed by atoms with Gasteiger partial charge in [-0.1, -0.05) is 13.8 Å². The van der Waals surface area contributed by atoms with Crippen LogP contribution in [0.5, 0.6) is 11.8 Å². The number of carbonyl (C=O) groups is 1. The van der Waals surface area contributed by atoms with Crippen molar-refractivity contribution >= 4 is 17.7 Å². The van der Waals surface area contributed by atoms with Crippen LogP contribution in [0.1, 0.15) is 53.9 Å². The van der Waals surface area contributed by atoms with E-state index in [4.69, 9.17) is 19.9 Å². The lowest BCUT2D eigenvalue weighted by Gasteiger charge is -2.32. The number of ether oxygens (including phenoxy) is 3. The highest BCUT2D eigenvalue weighted by molar-refractivity contribution is 8.00. The Morgan fingerprint density at radius 1 is 1.14 bits per heavy atom. The Hall–Kier alpha value is -1.50. The highest BCUT2D eigenvalue weighted by Gasteiger charge is 2.26. The Kier molecular flexibility index (Phi) is 14.8. The summed E-state index contributed by atoms with van der Waals surface area (Å²) >= 11 is 1.49. The molecule has 1 aromatic rings. The summed E-state index contributed by atoms with van der Waals surface area (Å²) in [5.41, 5.74) is 5.14. The van der Waals surface area contributed by atoms with Crippen molar-refractivity contribution in [3.05, 3.63) is 6.07 Å². The number of nitrogens with one attached hydrogen (secondary N) is 1. The summed E-state index contributed by atoms with van der Waals surface area (Å²) in [4.78, 5) is 14.9. The van der Waals surface area contributed by atoms with Crippen molar-refractivity contribution in [3.8, 4) is 11.8 Å². The molecule has 0 atom stereocenters. The van der Waals surface area contributed by atoms with Gasteiger partial charge in [-0.3, -0.25) is 9.36 Å². The molecular weight excluding hydrogens is 484 g/mol. The predicted octanol–water partition coefficient (Wildman–Crippen LogP) is 2.75. The molecule has 0 aliphatic heterocycles. The normalized spacial score (nSPS) is 12.4. The highest BCUT2D eigenvalue weighted by atomic mass is 32.2. The maximum atomic E-state index is 12.1. The molecular formula is C25H48N4O6S. The minimum Gasteiger partial charge on any atom is -0.494 e. The largest absolute Gasteiger partial charge is 0.494 e. The van der Waals surface area contributed by atoms with Crippen LogP contribution in [0.2, 0.25) is 0 Å². The minimum atomic E-state index is -0.226. The van der Waals surface area contributed by atoms with Gasteiger partial charge < -0.3 is 40.4 Å². The zero-order chi connectivity index (χ0) is 27.2. The van der Waals surface area contributed by atoms with Gasteiger partial charge in [0.05, 0.1) is 43.7 Å². The quantitative estimate of drug-likeness (QED) is 0.114. The Morgan fingerprint density at radius 2 is 1.81 bits per heavy atom. The van der Waals surface area contributed by atoms with E-state index in [1.807, 2.05) is 0 Å². The van der Waals surface area contributed by atoms with E-state index in [1.54, 1.807) is 6.07 Å². The molecule has 1 rings (SSSR count). The summed E-state index contributed by atoms with van der Waals surface area (Å²) < 4.78 is 17.5. The Bertz CT molecular complexity index is 770. The van der Waals surface area contributed by atoms with E-state index in [9.17, 15) is 15.0 Å². The average Bonchev–Trinajstić information content (AvgIpc) is 3.07. The standard InChI is InChI=1S/C25H48N4O6S/c1-7-25(5,8-2)35-14-12-28(6)18-24(3,4)36-20-17-22(31)29(23(20)32)11-9-21(30)27-10-13-33-15-16-34-19-26/h17,31-32H,7-16,18-19,26H2,1-6H3,(H,27,30). The van der Waals surface area contributed by atoms with Crippen molar-refractivity contribution in [2.75, 3.05) is 59.8 Å². The number of likely N-dealkylation sites (N-methyl/N-ethyl adjacent to an activating group) is 1. The number of amides is 1. The van der Waals surface area contributed by atoms with Gasteiger partial charge in [-0.2, -0.15) is 0 Å². The fraction of sp³-hybridized carbons (Fsp3) is 0.800. The van der Waals surface area contributed by atoms with Crippen LogP contribution in [0.4, 0.5) is 0 Å². The number of carbonyl (C=O) groups excluding carboxylic acids is 1. The fourth-order valence-electron chi connectivity index (χ4n) is 3.63. The molecule has 0 aliphatic carbocycles. The van der Waals surface area contributed by atoms with Crippen LogP contribution in [-0.2, 0) is 25.5 Å². The van der Waals surface area contributed by atoms with Crippen LogP contribution in [-0.4, -0.2) is 95.8 Å². The molecule has 0 spiro atoms. The second-order valence-electron chi connectivity index (χ2n) is 9.73. The summed E-state index contributed by atoms with van der Waals surface area (Å²) in [5, 5.41) is 23.8. The van der Waals surface area contributed by atoms with Gasteiger partial charge in [0.2, 0.25) is 11.8 Å². The van der Waals surface area contributed by atoms with E-state index >= 15 is 0 Å². The van der Waals surface area contributed by atoms with E-state index < -0.39 is 0 Å². The number of aromatic nitrogens is 1. The first kappa shape index (κ1) is 32.5. The smallest absolute Gasteiger partial charge is 0.221 e. The predicted molar refractivity (Wildman–Crippen MR) is 144 cm³/mol. The van der Waals surface area contributed by atoms with Crippen LogP contribution >= 0.6 is 11.8 Å². The third kappa shape index (κ3) is 12.2. The van der Waals surface area contributed by atoms with Crippen LogP contribution in [0, 0.1) is 0 Å². The first-order chi connectivity index (χ1) is 17.0. The highest BCUT2D eigenvalue weighted by Crippen LogP contribution is 2.42. The molecule has 0 radical (unpaired) electrons. The van der Waals surface area contributed by atoms with Crippen LogP contribution < -0.4 is 11.1 Å². The molecule has 1 amide bonds. The van der Waals surface area contributed by atoms with Gasteiger partial charge in [0, 0.05) is 43.4 Å². The lowest BCUT2D eigenvalue weighted by molar-refractivity contribution is -0.121. The summed E-state index contributed by atoms with van der Waals surface area (Å²) in [6.45, 7) is 14.8. The number of nitrogens with two attached hydrogens (primary N) is 1. The first-order valence-electron chi connectivity index (χ1n) is 12.7. The molecule has 1 heterocycles. The van der Waals surface area contributed by atoms with Gasteiger partial charge in [0.15, 0.2) is 5.88 Å². The van der Waals surface area contributed by atoms with E-state index in [1.165, 1.54) is 16.3 Å². The van der Waals surface area contributed by atoms with Gasteiger partial charge in [-0.05, 0) is 40.7 Å². The third-order valence-electron chi connectivity index (χ3n) is 6.09. The molecule has 210 valence electrons. The van der Waals surface area contributed by atoms with E-state index in [0.717, 1.165) is 25.9 Å². The Balaban J connectivity index is 2.49. The second kappa shape index (κ2) is 16.4. The molecule has 5 N–H and O–H groups in total. The molecule has 0 unspecified atom stereocenters. The maximum Gasteiger partial charge on any atom is 0.221 e. The number of aromatic hydroxyl groups is 2. The van der Waals surface area contributed by atoms with Gasteiger partial charge >= 0.3 is 0 Å². The maximum absolute atomic E-state index is 12.1. The van der Waals surface area contributed by atoms with Crippen LogP contribution in [0.15, 0.2) is 11.0 Å². The Labute approximate surface area is 220 Å². The average molecular weight is 533 g/mol. The molecule has 1 aromatic heterocycles. The Morgan fingerprint density at radius 3 is 2.44 bits per heavy atom. The van der Waals surface area contributed by atoms with Crippen molar-refractivity contribution in [2.24, 2.45) is 5.73 Å². The van der Waals surface area contributed by atoms with Crippen molar-refractivity contribution in [1.29, 1.82) is 0 Å². The second-order valence-corrected chi connectivity index (χ2v) is 11.5. The minimum absolute atomic E-state index is 0.0331. The number of thioether (sulfide) groups is 1. The van der Waals surface area contributed by atoms with E-state index in [2.05, 4.69) is 51.9 Å². The van der Waals surface area contributed by atoms with Crippen molar-refractivity contribution in [2.45, 2.75) is 75.7 Å². The molecule has 0 saturated heterocycles. The molecule has 0 aliphatic rings. The molecule has 0 saturated carbocycles. The third-order valence-corrected chi connectivity index (χ3v) is 7.29. The monoisotopic (exact) mass is 532 g/mol. The van der Waals surface area contributed by atoms with Crippen LogP contribution in [0.3, 0.4) is 0 Å². The molecule has 0 fully saturated rings. The number of hydrogen-bond acceptors (Lipinski definition) is 9. The zero-order valence-electron chi connectivity index (χ0n) is 23.0. The molecule has 10 nitrogen and oxygen atoms in total.